The average molecular weight is 429 g/mol. The van der Waals surface area contributed by atoms with Crippen molar-refractivity contribution >= 4 is 10.8 Å². The van der Waals surface area contributed by atoms with E-state index in [-0.39, 0.29) is 5.75 Å². The zero-order valence-corrected chi connectivity index (χ0v) is 19.3. The number of halogens is 2. The van der Waals surface area contributed by atoms with E-state index >= 15 is 0 Å². The van der Waals surface area contributed by atoms with Crippen molar-refractivity contribution in [3.05, 3.63) is 41.5 Å². The lowest BCUT2D eigenvalue weighted by Gasteiger charge is -2.42. The molecule has 4 rings (SSSR count). The van der Waals surface area contributed by atoms with Crippen LogP contribution in [0.15, 0.2) is 24.3 Å². The molecule has 0 heterocycles. The standard InChI is InChI=1S/C28H38F2O/c1-3-4-5-6-7-8-19-9-10-21-16-22(12-11-20(21)15-19)23-13-14-24-18-26(31-2)28(30)27(29)25(24)17-23/h13-14,17-22H,3-12,15-16H2,1-2H3. The largest absolute Gasteiger partial charge is 0.494 e. The summed E-state index contributed by atoms with van der Waals surface area (Å²) in [5, 5.41) is 1.08. The molecule has 2 fully saturated rings. The van der Waals surface area contributed by atoms with Gasteiger partial charge in [-0.15, -0.1) is 0 Å². The lowest BCUT2D eigenvalue weighted by Crippen LogP contribution is -2.30. The van der Waals surface area contributed by atoms with E-state index in [9.17, 15) is 8.78 Å². The normalized spacial score (nSPS) is 26.1. The van der Waals surface area contributed by atoms with Crippen molar-refractivity contribution in [2.75, 3.05) is 7.11 Å². The van der Waals surface area contributed by atoms with Gasteiger partial charge in [0.1, 0.15) is 0 Å². The monoisotopic (exact) mass is 428 g/mol. The minimum Gasteiger partial charge on any atom is -0.494 e. The molecule has 0 radical (unpaired) electrons. The quantitative estimate of drug-likeness (QED) is 0.382. The van der Waals surface area contributed by atoms with Crippen molar-refractivity contribution in [3.8, 4) is 5.75 Å². The molecule has 1 nitrogen and oxygen atoms in total. The van der Waals surface area contributed by atoms with Crippen molar-refractivity contribution < 1.29 is 13.5 Å². The van der Waals surface area contributed by atoms with E-state index in [1.807, 2.05) is 12.1 Å². The highest BCUT2D eigenvalue weighted by Gasteiger charge is 2.35. The molecular weight excluding hydrogens is 390 g/mol. The predicted octanol–water partition coefficient (Wildman–Crippen LogP) is 8.79. The summed E-state index contributed by atoms with van der Waals surface area (Å²) in [6, 6.07) is 7.53. The Morgan fingerprint density at radius 2 is 1.65 bits per heavy atom. The molecule has 2 aromatic carbocycles. The number of benzene rings is 2. The van der Waals surface area contributed by atoms with E-state index < -0.39 is 11.6 Å². The zero-order valence-electron chi connectivity index (χ0n) is 19.3. The van der Waals surface area contributed by atoms with Gasteiger partial charge in [0.25, 0.3) is 0 Å². The Bertz CT molecular complexity index is 877. The number of methoxy groups -OCH3 is 1. The maximum Gasteiger partial charge on any atom is 0.201 e. The molecule has 0 N–H and O–H groups in total. The smallest absolute Gasteiger partial charge is 0.201 e. The minimum atomic E-state index is -0.885. The number of ether oxygens (including phenoxy) is 1. The van der Waals surface area contributed by atoms with Crippen molar-refractivity contribution in [1.82, 2.24) is 0 Å². The van der Waals surface area contributed by atoms with Gasteiger partial charge in [0, 0.05) is 5.39 Å². The second-order valence-electron chi connectivity index (χ2n) is 10.1. The van der Waals surface area contributed by atoms with Crippen LogP contribution in [0, 0.1) is 29.4 Å². The van der Waals surface area contributed by atoms with Crippen LogP contribution in [0.5, 0.6) is 5.75 Å². The fraction of sp³-hybridized carbons (Fsp3) is 0.643. The molecule has 2 aliphatic rings. The van der Waals surface area contributed by atoms with E-state index in [2.05, 4.69) is 13.0 Å². The lowest BCUT2D eigenvalue weighted by molar-refractivity contribution is 0.113. The third-order valence-corrected chi connectivity index (χ3v) is 8.14. The van der Waals surface area contributed by atoms with Crippen LogP contribution in [0.3, 0.4) is 0 Å². The van der Waals surface area contributed by atoms with E-state index in [1.54, 1.807) is 6.07 Å². The summed E-state index contributed by atoms with van der Waals surface area (Å²) in [6.45, 7) is 2.28. The molecule has 3 heteroatoms. The molecule has 4 unspecified atom stereocenters. The molecule has 0 bridgehead atoms. The molecule has 31 heavy (non-hydrogen) atoms. The highest BCUT2D eigenvalue weighted by atomic mass is 19.2. The van der Waals surface area contributed by atoms with Gasteiger partial charge >= 0.3 is 0 Å². The van der Waals surface area contributed by atoms with Crippen LogP contribution in [0.2, 0.25) is 0 Å². The summed E-state index contributed by atoms with van der Waals surface area (Å²) in [5.74, 6) is 1.40. The van der Waals surface area contributed by atoms with Gasteiger partial charge in [-0.3, -0.25) is 0 Å². The van der Waals surface area contributed by atoms with Gasteiger partial charge in [-0.25, -0.2) is 4.39 Å². The third-order valence-electron chi connectivity index (χ3n) is 8.14. The molecule has 2 aliphatic carbocycles. The second kappa shape index (κ2) is 10.3. The SMILES string of the molecule is CCCCCCCC1CCC2CC(c3ccc4cc(OC)c(F)c(F)c4c3)CCC2C1. The van der Waals surface area contributed by atoms with Crippen LogP contribution in [-0.2, 0) is 0 Å². The fourth-order valence-electron chi connectivity index (χ4n) is 6.31. The Morgan fingerprint density at radius 3 is 2.45 bits per heavy atom. The number of hydrogen-bond donors (Lipinski definition) is 0. The lowest BCUT2D eigenvalue weighted by atomic mass is 9.63. The molecule has 0 spiro atoms. The molecule has 0 saturated heterocycles. The van der Waals surface area contributed by atoms with Crippen molar-refractivity contribution in [2.45, 2.75) is 89.9 Å². The van der Waals surface area contributed by atoms with Crippen molar-refractivity contribution in [3.63, 3.8) is 0 Å². The highest BCUT2D eigenvalue weighted by molar-refractivity contribution is 5.85. The van der Waals surface area contributed by atoms with Gasteiger partial charge in [0.2, 0.25) is 5.82 Å². The van der Waals surface area contributed by atoms with Crippen LogP contribution < -0.4 is 4.74 Å². The van der Waals surface area contributed by atoms with Crippen molar-refractivity contribution in [1.29, 1.82) is 0 Å². The van der Waals surface area contributed by atoms with Crippen LogP contribution >= 0.6 is 0 Å². The van der Waals surface area contributed by atoms with Gasteiger partial charge in [0.05, 0.1) is 7.11 Å². The molecular formula is C28H38F2O. The summed E-state index contributed by atoms with van der Waals surface area (Å²) in [6.07, 6.45) is 16.2. The van der Waals surface area contributed by atoms with Gasteiger partial charge in [-0.05, 0) is 78.9 Å². The van der Waals surface area contributed by atoms with E-state index in [0.717, 1.165) is 17.8 Å². The van der Waals surface area contributed by atoms with Crippen LogP contribution in [-0.4, -0.2) is 7.11 Å². The summed E-state index contributed by atoms with van der Waals surface area (Å²) in [4.78, 5) is 0. The summed E-state index contributed by atoms with van der Waals surface area (Å²) in [7, 11) is 1.37. The topological polar surface area (TPSA) is 9.23 Å². The van der Waals surface area contributed by atoms with E-state index in [1.165, 1.54) is 89.7 Å². The van der Waals surface area contributed by atoms with Gasteiger partial charge < -0.3 is 4.74 Å². The zero-order chi connectivity index (χ0) is 21.8. The van der Waals surface area contributed by atoms with Gasteiger partial charge in [-0.2, -0.15) is 4.39 Å². The first-order valence-electron chi connectivity index (χ1n) is 12.6. The van der Waals surface area contributed by atoms with Gasteiger partial charge in [0.15, 0.2) is 11.6 Å². The first-order chi connectivity index (χ1) is 15.1. The molecule has 0 aromatic heterocycles. The first-order valence-corrected chi connectivity index (χ1v) is 12.6. The molecule has 0 aliphatic heterocycles. The summed E-state index contributed by atoms with van der Waals surface area (Å²) in [5.41, 5.74) is 1.17. The molecule has 170 valence electrons. The second-order valence-corrected chi connectivity index (χ2v) is 10.1. The molecule has 2 saturated carbocycles. The van der Waals surface area contributed by atoms with Crippen molar-refractivity contribution in [2.24, 2.45) is 17.8 Å². The maximum absolute atomic E-state index is 14.6. The number of fused-ring (bicyclic) bond motifs is 2. The Kier molecular flexibility index (Phi) is 7.51. The Morgan fingerprint density at radius 1 is 0.871 bits per heavy atom. The van der Waals surface area contributed by atoms with Crippen LogP contribution in [0.1, 0.15) is 95.5 Å². The van der Waals surface area contributed by atoms with E-state index in [4.69, 9.17) is 4.74 Å². The van der Waals surface area contributed by atoms with E-state index in [0.29, 0.717) is 16.7 Å². The maximum atomic E-state index is 14.6. The minimum absolute atomic E-state index is 0.0274. The van der Waals surface area contributed by atoms with Crippen LogP contribution in [0.25, 0.3) is 10.8 Å². The molecule has 4 atom stereocenters. The third kappa shape index (κ3) is 5.07. The molecule has 2 aromatic rings. The average Bonchev–Trinajstić information content (AvgIpc) is 2.80. The highest BCUT2D eigenvalue weighted by Crippen LogP contribution is 2.48. The fourth-order valence-corrected chi connectivity index (χ4v) is 6.31. The Labute approximate surface area is 186 Å². The summed E-state index contributed by atoms with van der Waals surface area (Å²) < 4.78 is 33.8. The molecule has 0 amide bonds. The van der Waals surface area contributed by atoms with Crippen LogP contribution in [0.4, 0.5) is 8.78 Å². The Balaban J connectivity index is 1.37. The predicted molar refractivity (Wildman–Crippen MR) is 125 cm³/mol. The number of hydrogen-bond acceptors (Lipinski definition) is 1. The summed E-state index contributed by atoms with van der Waals surface area (Å²) >= 11 is 0. The number of unbranched alkanes of at least 4 members (excludes halogenated alkanes) is 4. The first kappa shape index (κ1) is 22.6. The van der Waals surface area contributed by atoms with Gasteiger partial charge in [-0.1, -0.05) is 64.0 Å². The Hall–Kier alpha value is -1.64. The number of rotatable bonds is 8.